The Morgan fingerprint density at radius 1 is 1.04 bits per heavy atom. The highest BCUT2D eigenvalue weighted by molar-refractivity contribution is 7.48. The van der Waals surface area contributed by atoms with E-state index in [4.69, 9.17) is 27.8 Å². The highest BCUT2D eigenvalue weighted by atomic mass is 31.2. The second-order valence-corrected chi connectivity index (χ2v) is 7.34. The van der Waals surface area contributed by atoms with E-state index in [0.29, 0.717) is 12.8 Å². The Labute approximate surface area is 160 Å². The van der Waals surface area contributed by atoms with Crippen LogP contribution in [0.2, 0.25) is 0 Å². The van der Waals surface area contributed by atoms with Gasteiger partial charge < -0.3 is 14.2 Å². The number of carbonyl (C=O) groups is 2. The molecule has 10 heteroatoms. The van der Waals surface area contributed by atoms with E-state index in [1.165, 1.54) is 19.9 Å². The minimum Gasteiger partial charge on any atom is -0.463 e. The predicted molar refractivity (Wildman–Crippen MR) is 98.2 cm³/mol. The number of carbonyl (C=O) groups excluding carboxylic acids is 2. The van der Waals surface area contributed by atoms with Gasteiger partial charge in [0, 0.05) is 20.3 Å². The van der Waals surface area contributed by atoms with Crippen LogP contribution in [0, 0.1) is 0 Å². The van der Waals surface area contributed by atoms with E-state index < -0.39 is 19.9 Å². The number of phosphoric ester groups is 1. The molecule has 0 aliphatic heterocycles. The van der Waals surface area contributed by atoms with Gasteiger partial charge in [-0.1, -0.05) is 13.0 Å². The summed E-state index contributed by atoms with van der Waals surface area (Å²) < 4.78 is 43.5. The van der Waals surface area contributed by atoms with Gasteiger partial charge in [-0.3, -0.25) is 23.2 Å². The summed E-state index contributed by atoms with van der Waals surface area (Å²) in [5.74, 6) is -0.896. The molecule has 0 rings (SSSR count). The lowest BCUT2D eigenvalue weighted by Crippen LogP contribution is -2.28. The maximum Gasteiger partial charge on any atom is 0.475 e. The van der Waals surface area contributed by atoms with Crippen LogP contribution in [0.5, 0.6) is 0 Å². The first-order valence-corrected chi connectivity index (χ1v) is 10.2. The van der Waals surface area contributed by atoms with Crippen molar-refractivity contribution in [1.29, 1.82) is 0 Å². The number of rotatable bonds is 16. The van der Waals surface area contributed by atoms with Crippen molar-refractivity contribution in [3.8, 4) is 0 Å². The second kappa shape index (κ2) is 14.8. The highest BCUT2D eigenvalue weighted by Crippen LogP contribution is 2.49. The number of hydrogen-bond donors (Lipinski definition) is 0. The molecule has 0 N–H and O–H groups in total. The van der Waals surface area contributed by atoms with Crippen LogP contribution >= 0.6 is 7.82 Å². The molecule has 0 aromatic carbocycles. The maximum absolute atomic E-state index is 12.5. The average Bonchev–Trinajstić information content (AvgIpc) is 2.58. The lowest BCUT2D eigenvalue weighted by atomic mass is 10.3. The highest BCUT2D eigenvalue weighted by Gasteiger charge is 2.28. The lowest BCUT2D eigenvalue weighted by Gasteiger charge is -2.21. The van der Waals surface area contributed by atoms with Gasteiger partial charge in [0.15, 0.2) is 0 Å². The zero-order valence-corrected chi connectivity index (χ0v) is 17.4. The minimum absolute atomic E-state index is 0.0102. The van der Waals surface area contributed by atoms with Crippen LogP contribution in [-0.4, -0.2) is 57.2 Å². The summed E-state index contributed by atoms with van der Waals surface area (Å²) in [6, 6.07) is 0. The fourth-order valence-corrected chi connectivity index (χ4v) is 3.06. The fourth-order valence-electron chi connectivity index (χ4n) is 1.79. The van der Waals surface area contributed by atoms with Crippen molar-refractivity contribution in [3.63, 3.8) is 0 Å². The number of ether oxygens (including phenoxy) is 3. The Hall–Kier alpha value is -1.25. The summed E-state index contributed by atoms with van der Waals surface area (Å²) in [7, 11) is -3.80. The van der Waals surface area contributed by atoms with Crippen LogP contribution in [0.3, 0.4) is 0 Å². The van der Waals surface area contributed by atoms with Crippen molar-refractivity contribution in [3.05, 3.63) is 12.7 Å². The van der Waals surface area contributed by atoms with Crippen LogP contribution < -0.4 is 0 Å². The smallest absolute Gasteiger partial charge is 0.463 e. The summed E-state index contributed by atoms with van der Waals surface area (Å²) in [5, 5.41) is 0. The van der Waals surface area contributed by atoms with Crippen molar-refractivity contribution in [2.75, 3.05) is 33.0 Å². The second-order valence-electron chi connectivity index (χ2n) is 5.68. The molecule has 0 fully saturated rings. The number of hydrogen-bond acceptors (Lipinski definition) is 9. The largest absolute Gasteiger partial charge is 0.475 e. The molecule has 158 valence electrons. The molecular weight excluding hydrogens is 379 g/mol. The van der Waals surface area contributed by atoms with Crippen molar-refractivity contribution >= 4 is 19.8 Å². The van der Waals surface area contributed by atoms with E-state index in [-0.39, 0.29) is 45.1 Å². The molecule has 0 spiro atoms. The van der Waals surface area contributed by atoms with Crippen LogP contribution in [0.25, 0.3) is 0 Å². The molecule has 0 heterocycles. The van der Waals surface area contributed by atoms with E-state index in [1.54, 1.807) is 6.92 Å². The number of esters is 2. The van der Waals surface area contributed by atoms with E-state index in [2.05, 4.69) is 6.58 Å². The molecule has 0 bridgehead atoms. The summed E-state index contributed by atoms with van der Waals surface area (Å²) in [4.78, 5) is 22.1. The Balaban J connectivity index is 4.52. The van der Waals surface area contributed by atoms with Crippen LogP contribution in [0.15, 0.2) is 12.7 Å². The molecular formula is C17H31O9P. The third-order valence-electron chi connectivity index (χ3n) is 2.89. The van der Waals surface area contributed by atoms with E-state index in [0.717, 1.165) is 0 Å². The molecule has 0 aliphatic rings. The Morgan fingerprint density at radius 3 is 2.26 bits per heavy atom. The third kappa shape index (κ3) is 14.5. The molecule has 0 aromatic rings. The summed E-state index contributed by atoms with van der Waals surface area (Å²) in [6.45, 7) is 9.91. The minimum atomic E-state index is -3.80. The van der Waals surface area contributed by atoms with Gasteiger partial charge in [0.1, 0.15) is 12.2 Å². The van der Waals surface area contributed by atoms with Gasteiger partial charge >= 0.3 is 19.8 Å². The maximum atomic E-state index is 12.5. The molecule has 9 nitrogen and oxygen atoms in total. The quantitative estimate of drug-likeness (QED) is 0.164. The Morgan fingerprint density at radius 2 is 1.70 bits per heavy atom. The Bertz CT molecular complexity index is 495. The first-order valence-electron chi connectivity index (χ1n) is 8.79. The average molecular weight is 410 g/mol. The molecule has 0 aliphatic carbocycles. The zero-order chi connectivity index (χ0) is 20.7. The van der Waals surface area contributed by atoms with Crippen molar-refractivity contribution in [2.45, 2.75) is 52.7 Å². The molecule has 27 heavy (non-hydrogen) atoms. The van der Waals surface area contributed by atoms with Crippen LogP contribution in [0.4, 0.5) is 0 Å². The molecule has 0 saturated heterocycles. The SMILES string of the molecule is C=CCOP(=O)(OCCC)OC[C@H](COCC[C@@H](C)OC(C)=O)OC(C)=O. The standard InChI is InChI=1S/C17H31O9P/c1-6-9-22-27(20,23-10-7-2)24-13-17(26-16(5)19)12-21-11-8-14(3)25-15(4)18/h6,14,17H,1,7-13H2,2-5H3/t14-,17+,27?/m1/s1. The summed E-state index contributed by atoms with van der Waals surface area (Å²) >= 11 is 0. The van der Waals surface area contributed by atoms with Crippen LogP contribution in [0.1, 0.15) is 40.5 Å². The zero-order valence-electron chi connectivity index (χ0n) is 16.5. The molecule has 0 saturated carbocycles. The third-order valence-corrected chi connectivity index (χ3v) is 4.32. The molecule has 1 unspecified atom stereocenters. The van der Waals surface area contributed by atoms with Gasteiger partial charge in [0.25, 0.3) is 0 Å². The van der Waals surface area contributed by atoms with Gasteiger partial charge in [-0.25, -0.2) is 4.57 Å². The van der Waals surface area contributed by atoms with Gasteiger partial charge in [0.05, 0.1) is 33.0 Å². The van der Waals surface area contributed by atoms with E-state index in [9.17, 15) is 14.2 Å². The van der Waals surface area contributed by atoms with Crippen LogP contribution in [-0.2, 0) is 41.9 Å². The normalized spacial score (nSPS) is 15.4. The lowest BCUT2D eigenvalue weighted by molar-refractivity contribution is -0.153. The van der Waals surface area contributed by atoms with Crippen molar-refractivity contribution in [1.82, 2.24) is 0 Å². The van der Waals surface area contributed by atoms with E-state index in [1.807, 2.05) is 6.92 Å². The first-order chi connectivity index (χ1) is 12.7. The fraction of sp³-hybridized carbons (Fsp3) is 0.765. The Kier molecular flexibility index (Phi) is 14.1. The molecule has 0 aromatic heterocycles. The van der Waals surface area contributed by atoms with Gasteiger partial charge in [-0.15, -0.1) is 6.58 Å². The van der Waals surface area contributed by atoms with Gasteiger partial charge in [-0.05, 0) is 13.3 Å². The molecule has 0 amide bonds. The topological polar surface area (TPSA) is 107 Å². The van der Waals surface area contributed by atoms with Crippen molar-refractivity contribution in [2.24, 2.45) is 0 Å². The predicted octanol–water partition coefficient (Wildman–Crippen LogP) is 3.03. The number of phosphoric acid groups is 1. The summed E-state index contributed by atoms with van der Waals surface area (Å²) in [6.07, 6.45) is 1.44. The van der Waals surface area contributed by atoms with Gasteiger partial charge in [-0.2, -0.15) is 0 Å². The van der Waals surface area contributed by atoms with Crippen molar-refractivity contribution < 1.29 is 41.9 Å². The van der Waals surface area contributed by atoms with Gasteiger partial charge in [0.2, 0.25) is 0 Å². The molecule has 0 radical (unpaired) electrons. The monoisotopic (exact) mass is 410 g/mol. The first kappa shape index (κ1) is 25.8. The summed E-state index contributed by atoms with van der Waals surface area (Å²) in [5.41, 5.74) is 0. The van der Waals surface area contributed by atoms with E-state index >= 15 is 0 Å². The molecule has 3 atom stereocenters.